The maximum Gasteiger partial charge on any atom is 0.306 e. The van der Waals surface area contributed by atoms with Crippen LogP contribution in [-0.2, 0) is 14.3 Å². The van der Waals surface area contributed by atoms with Crippen molar-refractivity contribution in [2.45, 2.75) is 174 Å². The molecule has 0 aromatic heterocycles. The molecule has 0 heterocycles. The molecule has 0 amide bonds. The van der Waals surface area contributed by atoms with E-state index in [1.54, 1.807) is 0 Å². The van der Waals surface area contributed by atoms with Crippen LogP contribution in [0, 0.1) is 0 Å². The third kappa shape index (κ3) is 27.1. The average Bonchev–Trinajstić information content (AvgIpc) is 2.84. The van der Waals surface area contributed by atoms with E-state index in [0.29, 0.717) is 6.42 Å². The number of rotatable bonds is 27. The molecule has 0 aliphatic rings. The van der Waals surface area contributed by atoms with Crippen molar-refractivity contribution in [1.82, 2.24) is 0 Å². The molecule has 0 aliphatic heterocycles. The number of carboxylic acid groups (broad SMARTS) is 1. The Kier molecular flexibility index (Phi) is 26.2. The van der Waals surface area contributed by atoms with Crippen LogP contribution in [0.4, 0.5) is 0 Å². The normalized spacial score (nSPS) is 12.3. The van der Waals surface area contributed by atoms with E-state index in [0.717, 1.165) is 70.6 Å². The molecule has 0 saturated heterocycles. The minimum Gasteiger partial charge on any atom is -0.481 e. The van der Waals surface area contributed by atoms with Crippen LogP contribution in [-0.4, -0.2) is 23.1 Å². The molecule has 1 N–H and O–H groups in total. The number of carbonyl (C=O) groups excluding carboxylic acids is 1. The van der Waals surface area contributed by atoms with Gasteiger partial charge in [0.2, 0.25) is 0 Å². The minimum absolute atomic E-state index is 0.0396. The average molecular weight is 495 g/mol. The predicted octanol–water partition coefficient (Wildman–Crippen LogP) is 9.94. The summed E-state index contributed by atoms with van der Waals surface area (Å²) in [7, 11) is 0. The summed E-state index contributed by atoms with van der Waals surface area (Å²) >= 11 is 0. The number of esters is 1. The first-order chi connectivity index (χ1) is 17.1. The maximum absolute atomic E-state index is 12.1. The Morgan fingerprint density at radius 2 is 1.06 bits per heavy atom. The second-order valence-electron chi connectivity index (χ2n) is 10.3. The first-order valence-corrected chi connectivity index (χ1v) is 15.2. The van der Waals surface area contributed by atoms with E-state index < -0.39 is 5.97 Å². The molecule has 0 radical (unpaired) electrons. The van der Waals surface area contributed by atoms with Gasteiger partial charge in [-0.2, -0.15) is 0 Å². The molecule has 35 heavy (non-hydrogen) atoms. The van der Waals surface area contributed by atoms with Gasteiger partial charge in [0.25, 0.3) is 0 Å². The van der Waals surface area contributed by atoms with E-state index in [2.05, 4.69) is 26.0 Å². The molecule has 1 atom stereocenters. The zero-order valence-corrected chi connectivity index (χ0v) is 23.4. The van der Waals surface area contributed by atoms with E-state index in [-0.39, 0.29) is 18.5 Å². The molecule has 0 saturated carbocycles. The fourth-order valence-electron chi connectivity index (χ4n) is 4.45. The van der Waals surface area contributed by atoms with Crippen LogP contribution in [0.1, 0.15) is 168 Å². The molecule has 0 bridgehead atoms. The highest BCUT2D eigenvalue weighted by Gasteiger charge is 2.14. The summed E-state index contributed by atoms with van der Waals surface area (Å²) in [6, 6.07) is 0. The fourth-order valence-corrected chi connectivity index (χ4v) is 4.45. The van der Waals surface area contributed by atoms with Gasteiger partial charge in [0.15, 0.2) is 0 Å². The first-order valence-electron chi connectivity index (χ1n) is 15.2. The van der Waals surface area contributed by atoms with Crippen molar-refractivity contribution in [3.05, 3.63) is 12.2 Å². The third-order valence-electron chi connectivity index (χ3n) is 6.74. The largest absolute Gasteiger partial charge is 0.481 e. The molecular formula is C31H58O4. The Labute approximate surface area is 217 Å². The van der Waals surface area contributed by atoms with Crippen LogP contribution < -0.4 is 0 Å². The second-order valence-corrected chi connectivity index (χ2v) is 10.3. The van der Waals surface area contributed by atoms with Gasteiger partial charge in [-0.05, 0) is 64.2 Å². The van der Waals surface area contributed by atoms with Gasteiger partial charge in [-0.25, -0.2) is 0 Å². The van der Waals surface area contributed by atoms with E-state index in [9.17, 15) is 9.59 Å². The highest BCUT2D eigenvalue weighted by molar-refractivity contribution is 5.69. The van der Waals surface area contributed by atoms with Crippen molar-refractivity contribution in [3.63, 3.8) is 0 Å². The van der Waals surface area contributed by atoms with E-state index in [1.807, 2.05) is 0 Å². The molecule has 0 rings (SSSR count). The number of ether oxygens (including phenoxy) is 1. The minimum atomic E-state index is -0.706. The van der Waals surface area contributed by atoms with Crippen LogP contribution >= 0.6 is 0 Å². The summed E-state index contributed by atoms with van der Waals surface area (Å²) in [5, 5.41) is 8.71. The number of allylic oxidation sites excluding steroid dienone is 2. The van der Waals surface area contributed by atoms with Crippen molar-refractivity contribution in [1.29, 1.82) is 0 Å². The van der Waals surface area contributed by atoms with Crippen molar-refractivity contribution in [3.8, 4) is 0 Å². The summed E-state index contributed by atoms with van der Waals surface area (Å²) in [6.45, 7) is 4.37. The molecule has 206 valence electrons. The fraction of sp³-hybridized carbons (Fsp3) is 0.871. The third-order valence-corrected chi connectivity index (χ3v) is 6.74. The lowest BCUT2D eigenvalue weighted by molar-refractivity contribution is -0.150. The standard InChI is InChI=1S/C31H58O4/c1-3-5-7-8-9-10-11-12-13-14-15-16-17-19-22-25-29(35-31(34)28-6-4-2)26-23-20-18-21-24-27-30(32)33/h14-15,29H,3-13,16-28H2,1-2H3,(H,32,33)/b15-14-. The number of unbranched alkanes of at least 4 members (excludes halogenated alkanes) is 16. The second kappa shape index (κ2) is 27.3. The van der Waals surface area contributed by atoms with Crippen LogP contribution in [0.25, 0.3) is 0 Å². The molecule has 0 aromatic carbocycles. The van der Waals surface area contributed by atoms with Gasteiger partial charge in [0, 0.05) is 12.8 Å². The molecular weight excluding hydrogens is 436 g/mol. The van der Waals surface area contributed by atoms with Gasteiger partial charge in [-0.1, -0.05) is 103 Å². The lowest BCUT2D eigenvalue weighted by atomic mass is 10.0. The Bertz CT molecular complexity index is 500. The van der Waals surface area contributed by atoms with Gasteiger partial charge in [-0.15, -0.1) is 0 Å². The van der Waals surface area contributed by atoms with Gasteiger partial charge in [0.1, 0.15) is 6.10 Å². The number of hydrogen-bond donors (Lipinski definition) is 1. The summed E-state index contributed by atoms with van der Waals surface area (Å²) < 4.78 is 5.80. The molecule has 0 fully saturated rings. The van der Waals surface area contributed by atoms with Crippen molar-refractivity contribution < 1.29 is 19.4 Å². The van der Waals surface area contributed by atoms with Gasteiger partial charge in [0.05, 0.1) is 0 Å². The lowest BCUT2D eigenvalue weighted by Crippen LogP contribution is -2.18. The molecule has 0 aromatic rings. The molecule has 4 heteroatoms. The number of carbonyl (C=O) groups is 2. The van der Waals surface area contributed by atoms with Crippen molar-refractivity contribution in [2.75, 3.05) is 0 Å². The predicted molar refractivity (Wildman–Crippen MR) is 149 cm³/mol. The van der Waals surface area contributed by atoms with Crippen molar-refractivity contribution >= 4 is 11.9 Å². The van der Waals surface area contributed by atoms with Gasteiger partial charge >= 0.3 is 11.9 Å². The van der Waals surface area contributed by atoms with Crippen LogP contribution in [0.2, 0.25) is 0 Å². The first kappa shape index (κ1) is 33.7. The van der Waals surface area contributed by atoms with Gasteiger partial charge < -0.3 is 9.84 Å². The van der Waals surface area contributed by atoms with Gasteiger partial charge in [-0.3, -0.25) is 9.59 Å². The lowest BCUT2D eigenvalue weighted by Gasteiger charge is -2.18. The topological polar surface area (TPSA) is 63.6 Å². The van der Waals surface area contributed by atoms with Crippen LogP contribution in [0.5, 0.6) is 0 Å². The number of hydrogen-bond acceptors (Lipinski definition) is 3. The molecule has 4 nitrogen and oxygen atoms in total. The monoisotopic (exact) mass is 494 g/mol. The summed E-state index contributed by atoms with van der Waals surface area (Å²) in [4.78, 5) is 22.7. The maximum atomic E-state index is 12.1. The Hall–Kier alpha value is -1.32. The zero-order chi connectivity index (χ0) is 25.8. The van der Waals surface area contributed by atoms with E-state index >= 15 is 0 Å². The highest BCUT2D eigenvalue weighted by Crippen LogP contribution is 2.18. The highest BCUT2D eigenvalue weighted by atomic mass is 16.5. The Morgan fingerprint density at radius 3 is 1.60 bits per heavy atom. The van der Waals surface area contributed by atoms with E-state index in [1.165, 1.54) is 70.6 Å². The molecule has 1 unspecified atom stereocenters. The molecule has 0 spiro atoms. The summed E-state index contributed by atoms with van der Waals surface area (Å²) in [5.41, 5.74) is 0. The molecule has 0 aliphatic carbocycles. The number of aliphatic carboxylic acids is 1. The Balaban J connectivity index is 3.86. The quantitative estimate of drug-likeness (QED) is 0.0701. The SMILES string of the molecule is CCCCCCCCCC/C=C\CCCCCC(CCCCCCCC(=O)O)OC(=O)CCCC. The zero-order valence-electron chi connectivity index (χ0n) is 23.4. The van der Waals surface area contributed by atoms with Crippen LogP contribution in [0.15, 0.2) is 12.2 Å². The Morgan fingerprint density at radius 1 is 0.600 bits per heavy atom. The summed E-state index contributed by atoms with van der Waals surface area (Å²) in [5.74, 6) is -0.745. The smallest absolute Gasteiger partial charge is 0.306 e. The van der Waals surface area contributed by atoms with Crippen LogP contribution in [0.3, 0.4) is 0 Å². The number of carboxylic acids is 1. The summed E-state index contributed by atoms with van der Waals surface area (Å²) in [6.07, 6.45) is 31.3. The van der Waals surface area contributed by atoms with E-state index in [4.69, 9.17) is 9.84 Å². The van der Waals surface area contributed by atoms with Crippen molar-refractivity contribution in [2.24, 2.45) is 0 Å².